The predicted molar refractivity (Wildman–Crippen MR) is 119 cm³/mol. The Labute approximate surface area is 178 Å². The van der Waals surface area contributed by atoms with Crippen LogP contribution in [0.4, 0.5) is 0 Å². The molecule has 0 bridgehead atoms. The number of rotatable bonds is 5. The fourth-order valence-electron chi connectivity index (χ4n) is 4.35. The summed E-state index contributed by atoms with van der Waals surface area (Å²) in [6.45, 7) is 7.68. The van der Waals surface area contributed by atoms with Gasteiger partial charge < -0.3 is 9.47 Å². The van der Waals surface area contributed by atoms with Crippen molar-refractivity contribution in [3.8, 4) is 6.07 Å². The zero-order valence-electron chi connectivity index (χ0n) is 17.7. The minimum absolute atomic E-state index is 0.0794. The van der Waals surface area contributed by atoms with Crippen molar-refractivity contribution >= 4 is 16.8 Å². The molecular formula is C25H28N4O. The van der Waals surface area contributed by atoms with Gasteiger partial charge in [0.25, 0.3) is 5.91 Å². The van der Waals surface area contributed by atoms with Crippen LogP contribution in [0.2, 0.25) is 0 Å². The highest BCUT2D eigenvalue weighted by Crippen LogP contribution is 2.25. The van der Waals surface area contributed by atoms with Crippen LogP contribution in [0.1, 0.15) is 29.8 Å². The molecule has 1 aliphatic heterocycles. The molecular weight excluding hydrogens is 372 g/mol. The maximum Gasteiger partial charge on any atom is 0.256 e. The number of hydrogen-bond acceptors (Lipinski definition) is 3. The summed E-state index contributed by atoms with van der Waals surface area (Å²) in [5.74, 6) is 0.365. The number of carbonyl (C=O) groups excluding carboxylic acids is 1. The minimum atomic E-state index is -0.0879. The first-order valence-electron chi connectivity index (χ1n) is 10.6. The molecule has 1 amide bonds. The average Bonchev–Trinajstić information content (AvgIpc) is 3.13. The highest BCUT2D eigenvalue weighted by atomic mass is 16.2. The lowest BCUT2D eigenvalue weighted by atomic mass is 10.0. The molecule has 1 unspecified atom stereocenters. The number of carbonyl (C=O) groups is 1. The summed E-state index contributed by atoms with van der Waals surface area (Å²) >= 11 is 0. The van der Waals surface area contributed by atoms with E-state index in [1.807, 2.05) is 47.5 Å². The van der Waals surface area contributed by atoms with Crippen molar-refractivity contribution in [1.82, 2.24) is 14.4 Å². The van der Waals surface area contributed by atoms with Crippen LogP contribution in [-0.4, -0.2) is 52.5 Å². The zero-order chi connectivity index (χ0) is 21.1. The molecule has 0 radical (unpaired) electrons. The molecule has 0 N–H and O–H groups in total. The number of hydrogen-bond donors (Lipinski definition) is 0. The van der Waals surface area contributed by atoms with Crippen LogP contribution in [0.25, 0.3) is 10.9 Å². The van der Waals surface area contributed by atoms with Crippen LogP contribution < -0.4 is 0 Å². The van der Waals surface area contributed by atoms with E-state index >= 15 is 0 Å². The third-order valence-electron chi connectivity index (χ3n) is 5.97. The van der Waals surface area contributed by atoms with Gasteiger partial charge in [0.1, 0.15) is 6.04 Å². The molecule has 154 valence electrons. The maximum atomic E-state index is 13.4. The van der Waals surface area contributed by atoms with E-state index in [4.69, 9.17) is 0 Å². The quantitative estimate of drug-likeness (QED) is 0.651. The first-order chi connectivity index (χ1) is 14.6. The van der Waals surface area contributed by atoms with Crippen LogP contribution in [-0.2, 0) is 6.54 Å². The highest BCUT2D eigenvalue weighted by Gasteiger charge is 2.29. The minimum Gasteiger partial charge on any atom is -0.342 e. The van der Waals surface area contributed by atoms with Gasteiger partial charge in [0.05, 0.1) is 11.6 Å². The van der Waals surface area contributed by atoms with Gasteiger partial charge in [-0.25, -0.2) is 0 Å². The van der Waals surface area contributed by atoms with Gasteiger partial charge in [-0.15, -0.1) is 0 Å². The van der Waals surface area contributed by atoms with Crippen molar-refractivity contribution in [3.05, 3.63) is 71.9 Å². The number of nitrogens with zero attached hydrogens (tertiary/aromatic N) is 4. The second kappa shape index (κ2) is 8.73. The van der Waals surface area contributed by atoms with Crippen molar-refractivity contribution in [2.45, 2.75) is 26.4 Å². The number of benzene rings is 2. The first kappa shape index (κ1) is 20.2. The van der Waals surface area contributed by atoms with Crippen molar-refractivity contribution in [1.29, 1.82) is 5.26 Å². The number of amides is 1. The van der Waals surface area contributed by atoms with Crippen molar-refractivity contribution in [3.63, 3.8) is 0 Å². The van der Waals surface area contributed by atoms with Crippen LogP contribution in [0.15, 0.2) is 60.8 Å². The monoisotopic (exact) mass is 400 g/mol. The number of nitriles is 1. The standard InChI is InChI=1S/C25H28N4O/c1-19(2)24(16-26)27-12-14-28(15-13-27)25(30)22-18-29(17-20-8-4-3-5-9-20)23-11-7-6-10-21(22)23/h3-11,18-19,24H,12-15,17H2,1-2H3. The van der Waals surface area contributed by atoms with Gasteiger partial charge in [-0.1, -0.05) is 62.4 Å². The number of piperazine rings is 1. The van der Waals surface area contributed by atoms with Gasteiger partial charge in [0, 0.05) is 49.8 Å². The zero-order valence-corrected chi connectivity index (χ0v) is 17.7. The van der Waals surface area contributed by atoms with Crippen molar-refractivity contribution in [2.24, 2.45) is 5.92 Å². The Hall–Kier alpha value is -3.10. The van der Waals surface area contributed by atoms with Crippen LogP contribution in [0.5, 0.6) is 0 Å². The summed E-state index contributed by atoms with van der Waals surface area (Å²) in [5.41, 5.74) is 3.05. The molecule has 4 rings (SSSR count). The summed E-state index contributed by atoms with van der Waals surface area (Å²) in [5, 5.41) is 10.5. The first-order valence-corrected chi connectivity index (χ1v) is 10.6. The molecule has 5 nitrogen and oxygen atoms in total. The molecule has 1 atom stereocenters. The Morgan fingerprint density at radius 2 is 1.67 bits per heavy atom. The summed E-state index contributed by atoms with van der Waals surface area (Å²) in [4.78, 5) is 17.5. The van der Waals surface area contributed by atoms with E-state index in [2.05, 4.69) is 47.6 Å². The van der Waals surface area contributed by atoms with Gasteiger partial charge in [-0.05, 0) is 17.5 Å². The predicted octanol–water partition coefficient (Wildman–Crippen LogP) is 4.00. The largest absolute Gasteiger partial charge is 0.342 e. The molecule has 1 aromatic heterocycles. The lowest BCUT2D eigenvalue weighted by molar-refractivity contribution is 0.0578. The molecule has 0 spiro atoms. The number of aromatic nitrogens is 1. The number of para-hydroxylation sites is 1. The topological polar surface area (TPSA) is 52.3 Å². The molecule has 0 aliphatic carbocycles. The molecule has 1 aliphatic rings. The molecule has 30 heavy (non-hydrogen) atoms. The Morgan fingerprint density at radius 3 is 2.33 bits per heavy atom. The van der Waals surface area contributed by atoms with E-state index in [0.29, 0.717) is 13.1 Å². The molecule has 5 heteroatoms. The molecule has 1 saturated heterocycles. The Bertz CT molecular complexity index is 1060. The highest BCUT2D eigenvalue weighted by molar-refractivity contribution is 6.07. The van der Waals surface area contributed by atoms with E-state index < -0.39 is 0 Å². The van der Waals surface area contributed by atoms with Gasteiger partial charge in [-0.3, -0.25) is 9.69 Å². The lowest BCUT2D eigenvalue weighted by Gasteiger charge is -2.38. The molecule has 3 aromatic rings. The van der Waals surface area contributed by atoms with Crippen LogP contribution >= 0.6 is 0 Å². The fourth-order valence-corrected chi connectivity index (χ4v) is 4.35. The molecule has 2 heterocycles. The Morgan fingerprint density at radius 1 is 1.00 bits per heavy atom. The fraction of sp³-hybridized carbons (Fsp3) is 0.360. The summed E-state index contributed by atoms with van der Waals surface area (Å²) < 4.78 is 2.17. The molecule has 0 saturated carbocycles. The van der Waals surface area contributed by atoms with E-state index in [0.717, 1.165) is 36.1 Å². The second-order valence-corrected chi connectivity index (χ2v) is 8.32. The normalized spacial score (nSPS) is 16.0. The molecule has 1 fully saturated rings. The van der Waals surface area contributed by atoms with Gasteiger partial charge in [0.15, 0.2) is 0 Å². The average molecular weight is 401 g/mol. The smallest absolute Gasteiger partial charge is 0.256 e. The SMILES string of the molecule is CC(C)C(C#N)N1CCN(C(=O)c2cn(Cc3ccccc3)c3ccccc23)CC1. The van der Waals surface area contributed by atoms with Crippen molar-refractivity contribution < 1.29 is 4.79 Å². The van der Waals surface area contributed by atoms with E-state index in [9.17, 15) is 10.1 Å². The van der Waals surface area contributed by atoms with E-state index in [1.54, 1.807) is 0 Å². The summed E-state index contributed by atoms with van der Waals surface area (Å²) in [6.07, 6.45) is 2.00. The van der Waals surface area contributed by atoms with Crippen LogP contribution in [0.3, 0.4) is 0 Å². The van der Waals surface area contributed by atoms with E-state index in [-0.39, 0.29) is 17.9 Å². The van der Waals surface area contributed by atoms with Gasteiger partial charge >= 0.3 is 0 Å². The Balaban J connectivity index is 1.55. The van der Waals surface area contributed by atoms with Gasteiger partial charge in [-0.2, -0.15) is 5.26 Å². The number of fused-ring (bicyclic) bond motifs is 1. The Kier molecular flexibility index (Phi) is 5.87. The molecule has 2 aromatic carbocycles. The lowest BCUT2D eigenvalue weighted by Crippen LogP contribution is -2.52. The van der Waals surface area contributed by atoms with Gasteiger partial charge in [0.2, 0.25) is 0 Å². The van der Waals surface area contributed by atoms with Crippen LogP contribution in [0, 0.1) is 17.2 Å². The second-order valence-electron chi connectivity index (χ2n) is 8.32. The summed E-state index contributed by atoms with van der Waals surface area (Å²) in [6, 6.07) is 20.8. The third kappa shape index (κ3) is 3.96. The maximum absolute atomic E-state index is 13.4. The van der Waals surface area contributed by atoms with Crippen molar-refractivity contribution in [2.75, 3.05) is 26.2 Å². The summed E-state index contributed by atoms with van der Waals surface area (Å²) in [7, 11) is 0. The third-order valence-corrected chi connectivity index (χ3v) is 5.97. The van der Waals surface area contributed by atoms with E-state index in [1.165, 1.54) is 5.56 Å².